The number of hydrogen-bond donors (Lipinski definition) is 0. The molecule has 116 valence electrons. The maximum absolute atomic E-state index is 12.8. The minimum atomic E-state index is -0.0917. The Hall–Kier alpha value is -2.70. The van der Waals surface area contributed by atoms with Gasteiger partial charge in [-0.1, -0.05) is 82.7 Å². The highest BCUT2D eigenvalue weighted by atomic mass is 79.9. The molecule has 1 aromatic carbocycles. The molecule has 1 aromatic rings. The SMILES string of the molecule is N#Cc1c2cccccc-2c(C(=O)C=Cc2ccccc2)c1CBr. The molecule has 0 saturated carbocycles. The summed E-state index contributed by atoms with van der Waals surface area (Å²) in [6, 6.07) is 21.4. The lowest BCUT2D eigenvalue weighted by Gasteiger charge is -2.00. The van der Waals surface area contributed by atoms with Crippen LogP contribution >= 0.6 is 15.9 Å². The fourth-order valence-electron chi connectivity index (χ4n) is 2.80. The molecule has 3 rings (SSSR count). The van der Waals surface area contributed by atoms with Gasteiger partial charge in [-0.3, -0.25) is 4.79 Å². The summed E-state index contributed by atoms with van der Waals surface area (Å²) in [6.45, 7) is 0. The molecule has 3 heteroatoms. The Morgan fingerprint density at radius 1 is 1.00 bits per heavy atom. The molecule has 0 atom stereocenters. The number of allylic oxidation sites excluding steroid dienone is 1. The number of carbonyl (C=O) groups is 1. The van der Waals surface area contributed by atoms with Gasteiger partial charge in [0, 0.05) is 16.5 Å². The Labute approximate surface area is 149 Å². The van der Waals surface area contributed by atoms with Gasteiger partial charge in [-0.05, 0) is 22.8 Å². The van der Waals surface area contributed by atoms with Gasteiger partial charge in [0.25, 0.3) is 0 Å². The molecule has 0 fully saturated rings. The largest absolute Gasteiger partial charge is 0.289 e. The van der Waals surface area contributed by atoms with E-state index < -0.39 is 0 Å². The Morgan fingerprint density at radius 3 is 2.25 bits per heavy atom. The molecule has 24 heavy (non-hydrogen) atoms. The van der Waals surface area contributed by atoms with Gasteiger partial charge in [-0.15, -0.1) is 0 Å². The fourth-order valence-corrected chi connectivity index (χ4v) is 3.36. The standard InChI is InChI=1S/C21H14BrNO/c22-13-18-19(14-23)16-9-5-2-6-10-17(16)21(18)20(24)12-11-15-7-3-1-4-8-15/h1-12H,13H2. The van der Waals surface area contributed by atoms with Crippen molar-refractivity contribution >= 4 is 27.8 Å². The zero-order valence-electron chi connectivity index (χ0n) is 12.9. The molecule has 0 saturated heterocycles. The second-order valence-electron chi connectivity index (χ2n) is 5.32. The number of ketones is 1. The van der Waals surface area contributed by atoms with Crippen LogP contribution < -0.4 is 0 Å². The maximum Gasteiger partial charge on any atom is 0.186 e. The first-order valence-electron chi connectivity index (χ1n) is 7.53. The summed E-state index contributed by atoms with van der Waals surface area (Å²) in [6.07, 6.45) is 3.37. The third-order valence-electron chi connectivity index (χ3n) is 3.90. The number of carbonyl (C=O) groups excluding carboxylic acids is 1. The summed E-state index contributed by atoms with van der Waals surface area (Å²) in [7, 11) is 0. The van der Waals surface area contributed by atoms with Gasteiger partial charge in [0.1, 0.15) is 6.07 Å². The number of nitriles is 1. The van der Waals surface area contributed by atoms with Gasteiger partial charge in [0.2, 0.25) is 0 Å². The fraction of sp³-hybridized carbons (Fsp3) is 0.0476. The zero-order chi connectivity index (χ0) is 16.9. The monoisotopic (exact) mass is 375 g/mol. The van der Waals surface area contributed by atoms with Crippen molar-refractivity contribution in [2.75, 3.05) is 0 Å². The molecule has 0 aromatic heterocycles. The molecule has 0 unspecified atom stereocenters. The van der Waals surface area contributed by atoms with Crippen LogP contribution in [0.5, 0.6) is 0 Å². The van der Waals surface area contributed by atoms with E-state index in [9.17, 15) is 10.1 Å². The van der Waals surface area contributed by atoms with E-state index in [1.807, 2.05) is 60.7 Å². The van der Waals surface area contributed by atoms with Crippen LogP contribution in [0.4, 0.5) is 0 Å². The lowest BCUT2D eigenvalue weighted by Crippen LogP contribution is -1.98. The molecular formula is C21H14BrNO. The topological polar surface area (TPSA) is 40.9 Å². The van der Waals surface area contributed by atoms with Crippen LogP contribution in [-0.4, -0.2) is 5.78 Å². The normalized spacial score (nSPS) is 10.8. The molecule has 2 aliphatic rings. The highest BCUT2D eigenvalue weighted by Crippen LogP contribution is 2.37. The van der Waals surface area contributed by atoms with Crippen LogP contribution in [0.25, 0.3) is 17.2 Å². The van der Waals surface area contributed by atoms with Gasteiger partial charge in [-0.2, -0.15) is 5.26 Å². The molecule has 0 aliphatic heterocycles. The van der Waals surface area contributed by atoms with Crippen molar-refractivity contribution in [1.29, 1.82) is 5.26 Å². The van der Waals surface area contributed by atoms with Gasteiger partial charge < -0.3 is 0 Å². The zero-order valence-corrected chi connectivity index (χ0v) is 14.5. The van der Waals surface area contributed by atoms with E-state index in [1.54, 1.807) is 12.2 Å². The van der Waals surface area contributed by atoms with Crippen molar-refractivity contribution in [3.05, 3.63) is 89.0 Å². The minimum Gasteiger partial charge on any atom is -0.289 e. The first-order chi connectivity index (χ1) is 11.8. The Balaban J connectivity index is 2.11. The van der Waals surface area contributed by atoms with E-state index >= 15 is 0 Å². The second-order valence-corrected chi connectivity index (χ2v) is 5.88. The average molecular weight is 376 g/mol. The van der Waals surface area contributed by atoms with E-state index in [0.29, 0.717) is 16.5 Å². The number of fused-ring (bicyclic) bond motifs is 1. The molecule has 0 spiro atoms. The Bertz CT molecular complexity index is 922. The van der Waals surface area contributed by atoms with Crippen LogP contribution in [0.1, 0.15) is 27.0 Å². The van der Waals surface area contributed by atoms with Gasteiger partial charge in [-0.25, -0.2) is 0 Å². The molecule has 0 radical (unpaired) electrons. The predicted molar refractivity (Wildman–Crippen MR) is 100 cm³/mol. The first kappa shape index (κ1) is 16.2. The summed E-state index contributed by atoms with van der Waals surface area (Å²) in [4.78, 5) is 12.8. The summed E-state index contributed by atoms with van der Waals surface area (Å²) in [5.74, 6) is -0.0917. The van der Waals surface area contributed by atoms with Gasteiger partial charge >= 0.3 is 0 Å². The lowest BCUT2D eigenvalue weighted by atomic mass is 10.0. The van der Waals surface area contributed by atoms with Crippen LogP contribution in [0.2, 0.25) is 0 Å². The van der Waals surface area contributed by atoms with Crippen LogP contribution in [-0.2, 0) is 5.33 Å². The Morgan fingerprint density at radius 2 is 1.62 bits per heavy atom. The molecule has 0 heterocycles. The minimum absolute atomic E-state index is 0.0917. The molecule has 2 nitrogen and oxygen atoms in total. The number of hydrogen-bond acceptors (Lipinski definition) is 2. The first-order valence-corrected chi connectivity index (χ1v) is 8.65. The summed E-state index contributed by atoms with van der Waals surface area (Å²) in [5.41, 5.74) is 4.51. The smallest absolute Gasteiger partial charge is 0.186 e. The van der Waals surface area contributed by atoms with Crippen molar-refractivity contribution in [3.63, 3.8) is 0 Å². The summed E-state index contributed by atoms with van der Waals surface area (Å²) in [5, 5.41) is 10.00. The van der Waals surface area contributed by atoms with E-state index in [0.717, 1.165) is 22.3 Å². The van der Waals surface area contributed by atoms with Crippen molar-refractivity contribution < 1.29 is 4.79 Å². The number of nitrogens with zero attached hydrogens (tertiary/aromatic N) is 1. The van der Waals surface area contributed by atoms with Crippen LogP contribution in [0.3, 0.4) is 0 Å². The number of rotatable bonds is 4. The third-order valence-corrected chi connectivity index (χ3v) is 4.46. The molecular weight excluding hydrogens is 362 g/mol. The van der Waals surface area contributed by atoms with E-state index in [2.05, 4.69) is 22.0 Å². The van der Waals surface area contributed by atoms with Crippen molar-refractivity contribution in [2.45, 2.75) is 5.33 Å². The third kappa shape index (κ3) is 3.02. The van der Waals surface area contributed by atoms with E-state index in [-0.39, 0.29) is 5.78 Å². The van der Waals surface area contributed by atoms with Crippen LogP contribution in [0.15, 0.2) is 66.7 Å². The molecule has 2 aliphatic carbocycles. The lowest BCUT2D eigenvalue weighted by molar-refractivity contribution is 0.104. The maximum atomic E-state index is 12.8. The molecule has 0 N–H and O–H groups in total. The second kappa shape index (κ2) is 7.25. The van der Waals surface area contributed by atoms with E-state index in [1.165, 1.54) is 0 Å². The predicted octanol–water partition coefficient (Wildman–Crippen LogP) is 5.45. The van der Waals surface area contributed by atoms with Crippen molar-refractivity contribution in [3.8, 4) is 17.2 Å². The Kier molecular flexibility index (Phi) is 4.88. The highest BCUT2D eigenvalue weighted by molar-refractivity contribution is 9.08. The average Bonchev–Trinajstić information content (AvgIpc) is 2.75. The van der Waals surface area contributed by atoms with Crippen molar-refractivity contribution in [2.24, 2.45) is 0 Å². The van der Waals surface area contributed by atoms with Crippen LogP contribution in [0, 0.1) is 11.3 Å². The number of alkyl halides is 1. The quantitative estimate of drug-likeness (QED) is 0.345. The van der Waals surface area contributed by atoms with Crippen molar-refractivity contribution in [1.82, 2.24) is 0 Å². The van der Waals surface area contributed by atoms with Gasteiger partial charge in [0.05, 0.1) is 5.56 Å². The molecule has 0 amide bonds. The number of benzene rings is 1. The summed E-state index contributed by atoms with van der Waals surface area (Å²) < 4.78 is 0. The highest BCUT2D eigenvalue weighted by Gasteiger charge is 2.24. The van der Waals surface area contributed by atoms with Gasteiger partial charge in [0.15, 0.2) is 5.78 Å². The number of halogens is 1. The summed E-state index contributed by atoms with van der Waals surface area (Å²) >= 11 is 3.43. The van der Waals surface area contributed by atoms with E-state index in [4.69, 9.17) is 0 Å². The molecule has 0 bridgehead atoms.